The number of benzene rings is 2. The summed E-state index contributed by atoms with van der Waals surface area (Å²) < 4.78 is 37.9. The van der Waals surface area contributed by atoms with Crippen LogP contribution in [0.25, 0.3) is 0 Å². The Morgan fingerprint density at radius 1 is 1.08 bits per heavy atom. The van der Waals surface area contributed by atoms with Gasteiger partial charge in [0.05, 0.1) is 14.2 Å². The molecule has 0 saturated carbocycles. The molecule has 1 aliphatic heterocycles. The summed E-state index contributed by atoms with van der Waals surface area (Å²) in [5, 5.41) is 15.2. The number of pyridine rings is 1. The van der Waals surface area contributed by atoms with E-state index in [0.29, 0.717) is 50.1 Å². The molecular weight excluding hydrogens is 684 g/mol. The molecule has 48 heavy (non-hydrogen) atoms. The Balaban J connectivity index is 1.34. The maximum Gasteiger partial charge on any atom is 0.348 e. The van der Waals surface area contributed by atoms with E-state index in [2.05, 4.69) is 10.2 Å². The van der Waals surface area contributed by atoms with Crippen LogP contribution in [0.3, 0.4) is 0 Å². The average Bonchev–Trinajstić information content (AvgIpc) is 3.71. The molecule has 0 spiro atoms. The summed E-state index contributed by atoms with van der Waals surface area (Å²) >= 11 is 13.9. The lowest BCUT2D eigenvalue weighted by molar-refractivity contribution is -0.605. The molecule has 1 fully saturated rings. The highest BCUT2D eigenvalue weighted by molar-refractivity contribution is 7.13. The number of likely N-dealkylation sites (N-methyl/N-ethyl adjacent to an activating group) is 1. The fraction of sp³-hybridized carbons (Fsp3) is 0.324. The molecular formula is C34H34Cl2FN3O7S. The molecule has 14 heteroatoms. The van der Waals surface area contributed by atoms with Crippen LogP contribution in [0.1, 0.15) is 49.8 Å². The smallest absolute Gasteiger partial charge is 0.348 e. The molecule has 1 saturated heterocycles. The number of aromatic nitrogens is 1. The first-order chi connectivity index (χ1) is 23.1. The SMILES string of the molecule is COc1ccc(C(Cc2c(Cl)c[n+]([O-])cc2Cl)OC(=O)c2ccc(CN[C@H](C(=O)O[C@@H]3CCN(C)C3)c3ccccc3F)s2)cc1OC. The maximum atomic E-state index is 14.8. The molecule has 0 aliphatic carbocycles. The van der Waals surface area contributed by atoms with E-state index in [4.69, 9.17) is 42.1 Å². The third-order valence-corrected chi connectivity index (χ3v) is 9.62. The summed E-state index contributed by atoms with van der Waals surface area (Å²) in [6.45, 7) is 1.57. The molecule has 1 aliphatic rings. The van der Waals surface area contributed by atoms with Crippen LogP contribution in [0.15, 0.2) is 67.0 Å². The minimum Gasteiger partial charge on any atom is -0.619 e. The zero-order valence-corrected chi connectivity index (χ0v) is 28.7. The highest BCUT2D eigenvalue weighted by Gasteiger charge is 2.30. The molecule has 2 aromatic heterocycles. The van der Waals surface area contributed by atoms with Crippen molar-refractivity contribution in [1.29, 1.82) is 0 Å². The van der Waals surface area contributed by atoms with Crippen molar-refractivity contribution in [3.05, 3.63) is 115 Å². The molecule has 3 heterocycles. The quantitative estimate of drug-likeness (QED) is 0.100. The van der Waals surface area contributed by atoms with Crippen molar-refractivity contribution < 1.29 is 37.7 Å². The topological polar surface area (TPSA) is 113 Å². The molecule has 0 amide bonds. The van der Waals surface area contributed by atoms with Gasteiger partial charge in [-0.05, 0) is 49.4 Å². The Hall–Kier alpha value is -3.94. The number of halogens is 3. The number of rotatable bonds is 13. The van der Waals surface area contributed by atoms with Crippen molar-refractivity contribution in [3.8, 4) is 11.5 Å². The second-order valence-electron chi connectivity index (χ2n) is 11.2. The fourth-order valence-corrected chi connectivity index (χ4v) is 6.86. The lowest BCUT2D eigenvalue weighted by Crippen LogP contribution is -2.33. The Kier molecular flexibility index (Phi) is 11.8. The van der Waals surface area contributed by atoms with Crippen LogP contribution < -0.4 is 19.5 Å². The third kappa shape index (κ3) is 8.55. The van der Waals surface area contributed by atoms with Gasteiger partial charge in [0.15, 0.2) is 23.9 Å². The monoisotopic (exact) mass is 717 g/mol. The molecule has 0 radical (unpaired) electrons. The van der Waals surface area contributed by atoms with Crippen molar-refractivity contribution in [2.45, 2.75) is 37.6 Å². The molecule has 1 unspecified atom stereocenters. The van der Waals surface area contributed by atoms with Crippen LogP contribution >= 0.6 is 34.5 Å². The fourth-order valence-electron chi connectivity index (χ4n) is 5.42. The zero-order valence-electron chi connectivity index (χ0n) is 26.4. The number of carbonyl (C=O) groups excluding carboxylic acids is 2. The predicted octanol–water partition coefficient (Wildman–Crippen LogP) is 6.06. The van der Waals surface area contributed by atoms with Gasteiger partial charge in [0.25, 0.3) is 0 Å². The number of nitrogens with zero attached hydrogens (tertiary/aromatic N) is 2. The number of nitrogens with one attached hydrogen (secondary N) is 1. The number of thiophene rings is 1. The summed E-state index contributed by atoms with van der Waals surface area (Å²) in [5.74, 6) is -0.821. The van der Waals surface area contributed by atoms with Gasteiger partial charge in [-0.15, -0.1) is 11.3 Å². The summed E-state index contributed by atoms with van der Waals surface area (Å²) in [7, 11) is 4.95. The molecule has 5 rings (SSSR count). The van der Waals surface area contributed by atoms with Gasteiger partial charge in [-0.1, -0.05) is 47.5 Å². The van der Waals surface area contributed by atoms with E-state index in [1.807, 2.05) is 7.05 Å². The number of hydrogen-bond donors (Lipinski definition) is 1. The second kappa shape index (κ2) is 16.0. The van der Waals surface area contributed by atoms with Gasteiger partial charge in [-0.3, -0.25) is 5.32 Å². The van der Waals surface area contributed by atoms with Crippen LogP contribution in [0, 0.1) is 11.0 Å². The van der Waals surface area contributed by atoms with Gasteiger partial charge in [0, 0.05) is 42.1 Å². The number of esters is 2. The van der Waals surface area contributed by atoms with Crippen LogP contribution in [0.2, 0.25) is 10.0 Å². The van der Waals surface area contributed by atoms with Gasteiger partial charge in [-0.2, -0.15) is 4.73 Å². The maximum absolute atomic E-state index is 14.8. The molecule has 0 bridgehead atoms. The van der Waals surface area contributed by atoms with Crippen molar-refractivity contribution in [2.75, 3.05) is 34.4 Å². The van der Waals surface area contributed by atoms with E-state index in [0.717, 1.165) is 17.9 Å². The summed E-state index contributed by atoms with van der Waals surface area (Å²) in [5.41, 5.74) is 1.16. The van der Waals surface area contributed by atoms with E-state index >= 15 is 0 Å². The van der Waals surface area contributed by atoms with Crippen molar-refractivity contribution >= 4 is 46.5 Å². The van der Waals surface area contributed by atoms with E-state index < -0.39 is 29.9 Å². The number of likely N-dealkylation sites (tertiary alicyclic amines) is 1. The molecule has 4 aromatic rings. The molecule has 254 valence electrons. The Morgan fingerprint density at radius 2 is 1.81 bits per heavy atom. The number of methoxy groups -OCH3 is 2. The van der Waals surface area contributed by atoms with Gasteiger partial charge in [-0.25, -0.2) is 14.0 Å². The molecule has 3 atom stereocenters. The van der Waals surface area contributed by atoms with Crippen LogP contribution in [-0.4, -0.2) is 57.3 Å². The Labute approximate surface area is 291 Å². The first kappa shape index (κ1) is 35.4. The van der Waals surface area contributed by atoms with Crippen molar-refractivity contribution in [1.82, 2.24) is 10.2 Å². The lowest BCUT2D eigenvalue weighted by Gasteiger charge is -2.21. The van der Waals surface area contributed by atoms with Crippen molar-refractivity contribution in [2.24, 2.45) is 0 Å². The molecule has 1 N–H and O–H groups in total. The lowest BCUT2D eigenvalue weighted by atomic mass is 10.0. The highest BCUT2D eigenvalue weighted by Crippen LogP contribution is 2.36. The minimum atomic E-state index is -1.06. The second-order valence-corrected chi connectivity index (χ2v) is 13.2. The van der Waals surface area contributed by atoms with Crippen molar-refractivity contribution in [3.63, 3.8) is 0 Å². The first-order valence-corrected chi connectivity index (χ1v) is 16.6. The van der Waals surface area contributed by atoms with Gasteiger partial charge >= 0.3 is 11.9 Å². The Morgan fingerprint density at radius 3 is 2.48 bits per heavy atom. The first-order valence-electron chi connectivity index (χ1n) is 15.0. The normalized spacial score (nSPS) is 15.9. The van der Waals surface area contributed by atoms with Crippen LogP contribution in [0.5, 0.6) is 11.5 Å². The van der Waals surface area contributed by atoms with Gasteiger partial charge in [0.1, 0.15) is 39.0 Å². The highest BCUT2D eigenvalue weighted by atomic mass is 35.5. The summed E-state index contributed by atoms with van der Waals surface area (Å²) in [4.78, 5) is 29.8. The van der Waals surface area contributed by atoms with E-state index in [1.165, 1.54) is 32.7 Å². The third-order valence-electron chi connectivity index (χ3n) is 7.90. The van der Waals surface area contributed by atoms with E-state index in [1.54, 1.807) is 48.5 Å². The molecule has 10 nitrogen and oxygen atoms in total. The minimum absolute atomic E-state index is 0.0583. The molecule has 2 aromatic carbocycles. The van der Waals surface area contributed by atoms with Gasteiger partial charge in [0.2, 0.25) is 0 Å². The predicted molar refractivity (Wildman–Crippen MR) is 179 cm³/mol. The largest absolute Gasteiger partial charge is 0.619 e. The number of hydrogen-bond acceptors (Lipinski definition) is 10. The average molecular weight is 719 g/mol. The number of ether oxygens (including phenoxy) is 4. The van der Waals surface area contributed by atoms with Gasteiger partial charge < -0.3 is 29.1 Å². The van der Waals surface area contributed by atoms with Crippen LogP contribution in [0.4, 0.5) is 4.39 Å². The standard InChI is InChI=1S/C34H34Cl2FN3O7S/c1-39-13-12-21(17-39)46-34(42)32(23-6-4-5-7-27(23)37)38-16-22-9-11-31(48-22)33(41)47-29(15-24-25(35)18-40(43)19-26(24)36)20-8-10-28(44-2)30(14-20)45-3/h4-11,14,18-19,21,29,32,38H,12-13,15-17H2,1-3H3/t21-,29?,32+/m1/s1. The zero-order chi connectivity index (χ0) is 34.4. The van der Waals surface area contributed by atoms with E-state index in [9.17, 15) is 19.2 Å². The van der Waals surface area contributed by atoms with E-state index in [-0.39, 0.29) is 34.7 Å². The Bertz CT molecular complexity index is 1750. The summed E-state index contributed by atoms with van der Waals surface area (Å²) in [6, 6.07) is 13.4. The summed E-state index contributed by atoms with van der Waals surface area (Å²) in [6.07, 6.45) is 1.95. The number of carbonyl (C=O) groups is 2. The van der Waals surface area contributed by atoms with Crippen LogP contribution in [-0.2, 0) is 27.2 Å².